The molecule has 0 fully saturated rings. The topological polar surface area (TPSA) is 26.3 Å². The Morgan fingerprint density at radius 2 is 2.21 bits per heavy atom. The van der Waals surface area contributed by atoms with Crippen LogP contribution < -0.4 is 4.74 Å². The van der Waals surface area contributed by atoms with Crippen LogP contribution in [-0.2, 0) is 0 Å². The number of ether oxygens (including phenoxy) is 1. The van der Waals surface area contributed by atoms with Crippen LogP contribution in [0, 0.1) is 0 Å². The lowest BCUT2D eigenvalue weighted by Crippen LogP contribution is -1.80. The standard InChI is InChI=1S/C10H7ClO2S/c1-13-7-2-3-8-6(4-7)5-9(14-8)10(11)12/h2-5H,1H3. The number of fused-ring (bicyclic) bond motifs is 1. The first-order chi connectivity index (χ1) is 6.70. The molecule has 0 atom stereocenters. The maximum absolute atomic E-state index is 10.9. The fourth-order valence-corrected chi connectivity index (χ4v) is 2.29. The van der Waals surface area contributed by atoms with Crippen LogP contribution in [-0.4, -0.2) is 12.4 Å². The first-order valence-electron chi connectivity index (χ1n) is 3.98. The lowest BCUT2D eigenvalue weighted by atomic mass is 10.2. The molecule has 0 aliphatic carbocycles. The molecule has 14 heavy (non-hydrogen) atoms. The van der Waals surface area contributed by atoms with Gasteiger partial charge in [0, 0.05) is 4.70 Å². The van der Waals surface area contributed by atoms with E-state index in [1.807, 2.05) is 18.2 Å². The fourth-order valence-electron chi connectivity index (χ4n) is 1.25. The van der Waals surface area contributed by atoms with E-state index in [0.29, 0.717) is 4.88 Å². The maximum Gasteiger partial charge on any atom is 0.262 e. The van der Waals surface area contributed by atoms with Crippen molar-refractivity contribution in [3.63, 3.8) is 0 Å². The molecular formula is C10H7ClO2S. The van der Waals surface area contributed by atoms with Gasteiger partial charge in [0.15, 0.2) is 0 Å². The number of halogens is 1. The molecule has 0 N–H and O–H groups in total. The van der Waals surface area contributed by atoms with Gasteiger partial charge in [0.2, 0.25) is 0 Å². The summed E-state index contributed by atoms with van der Waals surface area (Å²) in [6.07, 6.45) is 0. The number of hydrogen-bond donors (Lipinski definition) is 0. The molecule has 0 unspecified atom stereocenters. The zero-order chi connectivity index (χ0) is 10.1. The van der Waals surface area contributed by atoms with E-state index >= 15 is 0 Å². The summed E-state index contributed by atoms with van der Waals surface area (Å²) in [7, 11) is 1.61. The predicted octanol–water partition coefficient (Wildman–Crippen LogP) is 3.29. The smallest absolute Gasteiger partial charge is 0.262 e. The number of methoxy groups -OCH3 is 1. The third-order valence-corrected chi connectivity index (χ3v) is 3.35. The van der Waals surface area contributed by atoms with Gasteiger partial charge in [0.05, 0.1) is 12.0 Å². The number of hydrogen-bond acceptors (Lipinski definition) is 3. The predicted molar refractivity (Wildman–Crippen MR) is 58.6 cm³/mol. The van der Waals surface area contributed by atoms with Gasteiger partial charge in [0.25, 0.3) is 5.24 Å². The van der Waals surface area contributed by atoms with Crippen LogP contribution in [0.1, 0.15) is 9.67 Å². The second-order valence-corrected chi connectivity index (χ2v) is 4.22. The SMILES string of the molecule is COc1ccc2sc(C(=O)Cl)cc2c1. The minimum Gasteiger partial charge on any atom is -0.497 e. The van der Waals surface area contributed by atoms with Crippen LogP contribution in [0.15, 0.2) is 24.3 Å². The highest BCUT2D eigenvalue weighted by atomic mass is 35.5. The van der Waals surface area contributed by atoms with Crippen molar-refractivity contribution in [2.24, 2.45) is 0 Å². The van der Waals surface area contributed by atoms with Crippen molar-refractivity contribution < 1.29 is 9.53 Å². The molecule has 1 aromatic carbocycles. The molecule has 0 saturated heterocycles. The van der Waals surface area contributed by atoms with Gasteiger partial charge in [-0.25, -0.2) is 0 Å². The van der Waals surface area contributed by atoms with Crippen LogP contribution in [0.2, 0.25) is 0 Å². The summed E-state index contributed by atoms with van der Waals surface area (Å²) in [6.45, 7) is 0. The second-order valence-electron chi connectivity index (χ2n) is 2.79. The first kappa shape index (κ1) is 9.49. The van der Waals surface area contributed by atoms with E-state index < -0.39 is 5.24 Å². The summed E-state index contributed by atoms with van der Waals surface area (Å²) >= 11 is 6.78. The molecule has 2 rings (SSSR count). The zero-order valence-corrected chi connectivity index (χ0v) is 8.98. The molecule has 2 aromatic rings. The number of carbonyl (C=O) groups excluding carboxylic acids is 1. The maximum atomic E-state index is 10.9. The van der Waals surface area contributed by atoms with E-state index in [-0.39, 0.29) is 0 Å². The van der Waals surface area contributed by atoms with Crippen molar-refractivity contribution in [2.75, 3.05) is 7.11 Å². The molecule has 0 bridgehead atoms. The Morgan fingerprint density at radius 1 is 1.43 bits per heavy atom. The van der Waals surface area contributed by atoms with E-state index in [4.69, 9.17) is 16.3 Å². The van der Waals surface area contributed by atoms with Gasteiger partial charge in [-0.2, -0.15) is 0 Å². The Balaban J connectivity index is 2.60. The van der Waals surface area contributed by atoms with E-state index in [2.05, 4.69) is 0 Å². The Labute approximate surface area is 90.1 Å². The fraction of sp³-hybridized carbons (Fsp3) is 0.100. The van der Waals surface area contributed by atoms with Crippen LogP contribution >= 0.6 is 22.9 Å². The average Bonchev–Trinajstić information content (AvgIpc) is 2.59. The van der Waals surface area contributed by atoms with Gasteiger partial charge in [-0.05, 0) is 41.3 Å². The molecule has 0 radical (unpaired) electrons. The number of benzene rings is 1. The number of carbonyl (C=O) groups is 1. The zero-order valence-electron chi connectivity index (χ0n) is 7.41. The lowest BCUT2D eigenvalue weighted by Gasteiger charge is -1.97. The molecule has 72 valence electrons. The Hall–Kier alpha value is -1.06. The second kappa shape index (κ2) is 3.59. The summed E-state index contributed by atoms with van der Waals surface area (Å²) in [5, 5.41) is 0.573. The van der Waals surface area contributed by atoms with Crippen LogP contribution in [0.4, 0.5) is 0 Å². The van der Waals surface area contributed by atoms with E-state index in [1.165, 1.54) is 11.3 Å². The molecule has 4 heteroatoms. The lowest BCUT2D eigenvalue weighted by molar-refractivity contribution is 0.108. The third-order valence-electron chi connectivity index (χ3n) is 1.92. The Morgan fingerprint density at radius 3 is 2.86 bits per heavy atom. The van der Waals surface area contributed by atoms with Crippen molar-refractivity contribution >= 4 is 38.3 Å². The summed E-state index contributed by atoms with van der Waals surface area (Å²) in [6, 6.07) is 7.44. The monoisotopic (exact) mass is 226 g/mol. The van der Waals surface area contributed by atoms with Gasteiger partial charge >= 0.3 is 0 Å². The highest BCUT2D eigenvalue weighted by Gasteiger charge is 2.07. The molecule has 1 heterocycles. The van der Waals surface area contributed by atoms with E-state index in [0.717, 1.165) is 15.8 Å². The molecule has 0 amide bonds. The average molecular weight is 227 g/mol. The van der Waals surface area contributed by atoms with Crippen molar-refractivity contribution in [3.8, 4) is 5.75 Å². The van der Waals surface area contributed by atoms with E-state index in [1.54, 1.807) is 13.2 Å². The molecule has 0 aliphatic heterocycles. The highest BCUT2D eigenvalue weighted by Crippen LogP contribution is 2.29. The number of rotatable bonds is 2. The summed E-state index contributed by atoms with van der Waals surface area (Å²) in [5.74, 6) is 0.781. The van der Waals surface area contributed by atoms with Gasteiger partial charge < -0.3 is 4.74 Å². The normalized spacial score (nSPS) is 10.4. The minimum absolute atomic E-state index is 0.412. The van der Waals surface area contributed by atoms with Gasteiger partial charge in [0.1, 0.15) is 5.75 Å². The molecule has 2 nitrogen and oxygen atoms in total. The molecule has 1 aromatic heterocycles. The summed E-state index contributed by atoms with van der Waals surface area (Å²) < 4.78 is 6.12. The quantitative estimate of drug-likeness (QED) is 0.735. The van der Waals surface area contributed by atoms with Crippen molar-refractivity contribution in [3.05, 3.63) is 29.1 Å². The molecular weight excluding hydrogens is 220 g/mol. The van der Waals surface area contributed by atoms with Crippen molar-refractivity contribution in [1.82, 2.24) is 0 Å². The van der Waals surface area contributed by atoms with Crippen LogP contribution in [0.25, 0.3) is 10.1 Å². The third kappa shape index (κ3) is 1.61. The van der Waals surface area contributed by atoms with Crippen LogP contribution in [0.3, 0.4) is 0 Å². The highest BCUT2D eigenvalue weighted by molar-refractivity contribution is 7.22. The molecule has 0 aliphatic rings. The van der Waals surface area contributed by atoms with Crippen LogP contribution in [0.5, 0.6) is 5.75 Å². The van der Waals surface area contributed by atoms with Crippen molar-refractivity contribution in [2.45, 2.75) is 0 Å². The van der Waals surface area contributed by atoms with Gasteiger partial charge in [-0.3, -0.25) is 4.79 Å². The van der Waals surface area contributed by atoms with Crippen molar-refractivity contribution in [1.29, 1.82) is 0 Å². The summed E-state index contributed by atoms with van der Waals surface area (Å²) in [4.78, 5) is 11.5. The summed E-state index contributed by atoms with van der Waals surface area (Å²) in [5.41, 5.74) is 0. The van der Waals surface area contributed by atoms with Gasteiger partial charge in [-0.1, -0.05) is 0 Å². The Kier molecular flexibility index (Phi) is 2.44. The van der Waals surface area contributed by atoms with Gasteiger partial charge in [-0.15, -0.1) is 11.3 Å². The number of thiophene rings is 1. The first-order valence-corrected chi connectivity index (χ1v) is 5.17. The largest absolute Gasteiger partial charge is 0.497 e. The molecule has 0 spiro atoms. The Bertz CT molecular complexity index is 490. The van der Waals surface area contributed by atoms with E-state index in [9.17, 15) is 4.79 Å². The molecule has 0 saturated carbocycles. The minimum atomic E-state index is -0.412.